The number of imidazole rings is 1. The summed E-state index contributed by atoms with van der Waals surface area (Å²) in [6, 6.07) is 13.6. The lowest BCUT2D eigenvalue weighted by Gasteiger charge is -2.12. The van der Waals surface area contributed by atoms with E-state index in [1.165, 1.54) is 10.5 Å². The minimum absolute atomic E-state index is 0.0527. The van der Waals surface area contributed by atoms with Gasteiger partial charge in [-0.25, -0.2) is 4.79 Å². The third-order valence-electron chi connectivity index (χ3n) is 4.95. The highest BCUT2D eigenvalue weighted by atomic mass is 35.5. The monoisotopic (exact) mass is 402 g/mol. The van der Waals surface area contributed by atoms with Gasteiger partial charge in [0, 0.05) is 41.1 Å². The van der Waals surface area contributed by atoms with E-state index in [0.29, 0.717) is 24.5 Å². The van der Waals surface area contributed by atoms with Crippen molar-refractivity contribution in [2.24, 2.45) is 0 Å². The number of fused-ring (bicyclic) bond motifs is 2. The molecule has 27 heavy (non-hydrogen) atoms. The third kappa shape index (κ3) is 3.51. The molecule has 1 aliphatic rings. The molecule has 0 fully saturated rings. The molecule has 0 amide bonds. The van der Waals surface area contributed by atoms with Crippen molar-refractivity contribution in [2.75, 3.05) is 5.75 Å². The molecular weight excluding hydrogens is 384 g/mol. The molecule has 140 valence electrons. The van der Waals surface area contributed by atoms with Crippen LogP contribution in [0.15, 0.2) is 52.2 Å². The van der Waals surface area contributed by atoms with Gasteiger partial charge in [0.05, 0.1) is 11.0 Å². The van der Waals surface area contributed by atoms with E-state index < -0.39 is 5.97 Å². The third-order valence-corrected chi connectivity index (χ3v) is 6.44. The predicted molar refractivity (Wildman–Crippen MR) is 108 cm³/mol. The van der Waals surface area contributed by atoms with Crippen molar-refractivity contribution in [3.8, 4) is 0 Å². The molecule has 0 saturated carbocycles. The van der Waals surface area contributed by atoms with Crippen molar-refractivity contribution in [3.05, 3.63) is 63.5 Å². The quantitative estimate of drug-likeness (QED) is 0.670. The van der Waals surface area contributed by atoms with E-state index in [1.807, 2.05) is 47.0 Å². The molecule has 0 spiro atoms. The van der Waals surface area contributed by atoms with Crippen LogP contribution < -0.4 is 5.69 Å². The van der Waals surface area contributed by atoms with Crippen molar-refractivity contribution in [1.82, 2.24) is 9.13 Å². The first-order valence-corrected chi connectivity index (χ1v) is 10.2. The van der Waals surface area contributed by atoms with Gasteiger partial charge >= 0.3 is 11.7 Å². The SMILES string of the molecule is O=C(O)CCCn1c(=O)n(CC2CSc3ccc(Cl)cc32)c2ccccc21. The summed E-state index contributed by atoms with van der Waals surface area (Å²) in [7, 11) is 0. The highest BCUT2D eigenvalue weighted by Crippen LogP contribution is 2.41. The van der Waals surface area contributed by atoms with Gasteiger partial charge in [0.25, 0.3) is 0 Å². The molecule has 1 aliphatic heterocycles. The van der Waals surface area contributed by atoms with Gasteiger partial charge in [-0.1, -0.05) is 23.7 Å². The smallest absolute Gasteiger partial charge is 0.329 e. The van der Waals surface area contributed by atoms with Crippen LogP contribution in [0.5, 0.6) is 0 Å². The summed E-state index contributed by atoms with van der Waals surface area (Å²) in [5.41, 5.74) is 2.85. The van der Waals surface area contributed by atoms with E-state index in [2.05, 4.69) is 0 Å². The number of carboxylic acids is 1. The lowest BCUT2D eigenvalue weighted by Crippen LogP contribution is -2.26. The average molecular weight is 403 g/mol. The number of aromatic nitrogens is 2. The first-order valence-electron chi connectivity index (χ1n) is 8.86. The normalized spacial score (nSPS) is 16.0. The van der Waals surface area contributed by atoms with Crippen molar-refractivity contribution >= 4 is 40.4 Å². The number of aryl methyl sites for hydroxylation is 1. The number of carboxylic acid groups (broad SMARTS) is 1. The topological polar surface area (TPSA) is 64.2 Å². The second-order valence-electron chi connectivity index (χ2n) is 6.72. The van der Waals surface area contributed by atoms with Crippen LogP contribution in [0.1, 0.15) is 24.3 Å². The first-order chi connectivity index (χ1) is 13.0. The average Bonchev–Trinajstić information content (AvgIpc) is 3.15. The Morgan fingerprint density at radius 3 is 2.67 bits per heavy atom. The maximum Gasteiger partial charge on any atom is 0.329 e. The van der Waals surface area contributed by atoms with Crippen LogP contribution in [0.25, 0.3) is 11.0 Å². The minimum atomic E-state index is -0.844. The van der Waals surface area contributed by atoms with Gasteiger partial charge in [-0.2, -0.15) is 0 Å². The van der Waals surface area contributed by atoms with Crippen LogP contribution in [0.2, 0.25) is 5.02 Å². The van der Waals surface area contributed by atoms with E-state index >= 15 is 0 Å². The fourth-order valence-electron chi connectivity index (χ4n) is 3.67. The number of hydrogen-bond acceptors (Lipinski definition) is 3. The van der Waals surface area contributed by atoms with Crippen molar-refractivity contribution in [3.63, 3.8) is 0 Å². The largest absolute Gasteiger partial charge is 0.481 e. The fourth-order valence-corrected chi connectivity index (χ4v) is 5.08. The molecule has 2 aromatic carbocycles. The van der Waals surface area contributed by atoms with Gasteiger partial charge in [-0.3, -0.25) is 13.9 Å². The molecule has 0 bridgehead atoms. The lowest BCUT2D eigenvalue weighted by atomic mass is 10.0. The van der Waals surface area contributed by atoms with E-state index in [4.69, 9.17) is 16.7 Å². The van der Waals surface area contributed by atoms with Gasteiger partial charge in [-0.15, -0.1) is 11.8 Å². The molecular formula is C20H19ClN2O3S. The molecule has 1 aromatic heterocycles. The zero-order valence-electron chi connectivity index (χ0n) is 14.6. The Hall–Kier alpha value is -2.18. The first kappa shape index (κ1) is 18.2. The molecule has 4 rings (SSSR count). The molecule has 5 nitrogen and oxygen atoms in total. The molecule has 1 atom stereocenters. The molecule has 1 N–H and O–H groups in total. The maximum absolute atomic E-state index is 13.1. The minimum Gasteiger partial charge on any atom is -0.481 e. The van der Waals surface area contributed by atoms with Crippen molar-refractivity contribution in [2.45, 2.75) is 36.7 Å². The molecule has 2 heterocycles. The van der Waals surface area contributed by atoms with Gasteiger partial charge in [0.15, 0.2) is 0 Å². The summed E-state index contributed by atoms with van der Waals surface area (Å²) < 4.78 is 3.51. The fraction of sp³-hybridized carbons (Fsp3) is 0.300. The number of hydrogen-bond donors (Lipinski definition) is 1. The Morgan fingerprint density at radius 1 is 1.19 bits per heavy atom. The van der Waals surface area contributed by atoms with Crippen molar-refractivity contribution in [1.29, 1.82) is 0 Å². The molecule has 0 aliphatic carbocycles. The summed E-state index contributed by atoms with van der Waals surface area (Å²) >= 11 is 7.97. The number of halogens is 1. The van der Waals surface area contributed by atoms with Crippen LogP contribution in [0, 0.1) is 0 Å². The predicted octanol–water partition coefficient (Wildman–Crippen LogP) is 4.21. The van der Waals surface area contributed by atoms with Gasteiger partial charge in [0.2, 0.25) is 0 Å². The standard InChI is InChI=1S/C20H19ClN2O3S/c21-14-7-8-18-15(10-14)13(12-27-18)11-23-17-5-2-1-4-16(17)22(20(23)26)9-3-6-19(24)25/h1-2,4-5,7-8,10,13H,3,6,9,11-12H2,(H,24,25). The summed E-state index contributed by atoms with van der Waals surface area (Å²) in [6.07, 6.45) is 0.484. The Morgan fingerprint density at radius 2 is 1.93 bits per heavy atom. The Kier molecular flexibility index (Phi) is 5.02. The highest BCUT2D eigenvalue weighted by Gasteiger charge is 2.25. The second kappa shape index (κ2) is 7.44. The molecule has 0 radical (unpaired) electrons. The zero-order chi connectivity index (χ0) is 19.0. The number of thioether (sulfide) groups is 1. The highest BCUT2D eigenvalue weighted by molar-refractivity contribution is 7.99. The van der Waals surface area contributed by atoms with Crippen LogP contribution in [-0.2, 0) is 17.9 Å². The summed E-state index contributed by atoms with van der Waals surface area (Å²) in [6.45, 7) is 0.992. The summed E-state index contributed by atoms with van der Waals surface area (Å²) in [5, 5.41) is 9.59. The number of carbonyl (C=O) groups is 1. The van der Waals surface area contributed by atoms with E-state index in [-0.39, 0.29) is 18.0 Å². The van der Waals surface area contributed by atoms with E-state index in [0.717, 1.165) is 16.8 Å². The number of benzene rings is 2. The number of rotatable bonds is 6. The Bertz CT molecular complexity index is 1070. The number of nitrogens with zero attached hydrogens (tertiary/aromatic N) is 2. The maximum atomic E-state index is 13.1. The Labute approximate surface area is 165 Å². The van der Waals surface area contributed by atoms with Crippen LogP contribution >= 0.6 is 23.4 Å². The van der Waals surface area contributed by atoms with Gasteiger partial charge in [0.1, 0.15) is 0 Å². The van der Waals surface area contributed by atoms with Crippen LogP contribution in [-0.4, -0.2) is 26.0 Å². The molecule has 0 saturated heterocycles. The Balaban J connectivity index is 1.69. The summed E-state index contributed by atoms with van der Waals surface area (Å²) in [4.78, 5) is 25.1. The van der Waals surface area contributed by atoms with Gasteiger partial charge in [-0.05, 0) is 42.3 Å². The second-order valence-corrected chi connectivity index (χ2v) is 8.22. The van der Waals surface area contributed by atoms with E-state index in [1.54, 1.807) is 16.3 Å². The lowest BCUT2D eigenvalue weighted by molar-refractivity contribution is -0.137. The van der Waals surface area contributed by atoms with E-state index in [9.17, 15) is 9.59 Å². The molecule has 1 unspecified atom stereocenters. The molecule has 3 aromatic rings. The van der Waals surface area contributed by atoms with Crippen LogP contribution in [0.4, 0.5) is 0 Å². The van der Waals surface area contributed by atoms with Gasteiger partial charge < -0.3 is 5.11 Å². The van der Waals surface area contributed by atoms with Crippen molar-refractivity contribution < 1.29 is 9.90 Å². The summed E-state index contributed by atoms with van der Waals surface area (Å²) in [5.74, 6) is 0.295. The zero-order valence-corrected chi connectivity index (χ0v) is 16.2. The molecule has 7 heteroatoms. The number of aliphatic carboxylic acids is 1. The number of para-hydroxylation sites is 2. The van der Waals surface area contributed by atoms with Crippen LogP contribution in [0.3, 0.4) is 0 Å².